The summed E-state index contributed by atoms with van der Waals surface area (Å²) in [5, 5.41) is 12.2. The van der Waals surface area contributed by atoms with Crippen molar-refractivity contribution >= 4 is 17.5 Å². The van der Waals surface area contributed by atoms with Crippen molar-refractivity contribution in [1.82, 2.24) is 15.5 Å². The monoisotopic (exact) mass is 421 g/mol. The fourth-order valence-electron chi connectivity index (χ4n) is 4.63. The van der Waals surface area contributed by atoms with E-state index in [0.717, 1.165) is 56.1 Å². The number of hydrogen-bond donors (Lipinski definition) is 1. The highest BCUT2D eigenvalue weighted by Gasteiger charge is 2.28. The molecule has 1 aromatic heterocycles. The van der Waals surface area contributed by atoms with Crippen molar-refractivity contribution < 1.29 is 4.79 Å². The number of benzene rings is 1. The summed E-state index contributed by atoms with van der Waals surface area (Å²) < 4.78 is 0. The zero-order valence-corrected chi connectivity index (χ0v) is 18.9. The number of nitrogens with zero attached hydrogens (tertiary/aromatic N) is 4. The molecule has 1 amide bonds. The standard InChI is InChI=1S/C25H35N5O/c1-3-20-9-11-21(12-10-20)19(2)26-25(31)22-8-7-17-30(18-22)24-14-13-23(27-28-24)29-15-5-4-6-16-29/h9-14,19,22H,3-8,15-18H2,1-2H3,(H,26,31)/t19-,22-/m0/s1. The highest BCUT2D eigenvalue weighted by Crippen LogP contribution is 2.24. The Morgan fingerprint density at radius 1 is 0.968 bits per heavy atom. The van der Waals surface area contributed by atoms with Crippen LogP contribution in [0.4, 0.5) is 11.6 Å². The third kappa shape index (κ3) is 5.35. The zero-order valence-electron chi connectivity index (χ0n) is 18.9. The van der Waals surface area contributed by atoms with Crippen LogP contribution in [0.15, 0.2) is 36.4 Å². The first-order valence-corrected chi connectivity index (χ1v) is 11.9. The number of nitrogens with one attached hydrogen (secondary N) is 1. The Kier molecular flexibility index (Phi) is 7.05. The van der Waals surface area contributed by atoms with Gasteiger partial charge in [-0.25, -0.2) is 0 Å². The quantitative estimate of drug-likeness (QED) is 0.760. The lowest BCUT2D eigenvalue weighted by molar-refractivity contribution is -0.125. The number of amides is 1. The molecule has 2 aliphatic heterocycles. The van der Waals surface area contributed by atoms with E-state index in [-0.39, 0.29) is 17.9 Å². The number of anilines is 2. The Labute approximate surface area is 186 Å². The number of aryl methyl sites for hydroxylation is 1. The molecule has 0 radical (unpaired) electrons. The normalized spacial score (nSPS) is 20.4. The van der Waals surface area contributed by atoms with Gasteiger partial charge in [0, 0.05) is 26.2 Å². The Morgan fingerprint density at radius 3 is 2.26 bits per heavy atom. The zero-order chi connectivity index (χ0) is 21.6. The van der Waals surface area contributed by atoms with Crippen molar-refractivity contribution in [2.45, 2.75) is 58.4 Å². The van der Waals surface area contributed by atoms with Crippen LogP contribution in [0, 0.1) is 5.92 Å². The van der Waals surface area contributed by atoms with Gasteiger partial charge in [-0.1, -0.05) is 31.2 Å². The average molecular weight is 422 g/mol. The molecule has 1 N–H and O–H groups in total. The van der Waals surface area contributed by atoms with Crippen molar-refractivity contribution in [3.63, 3.8) is 0 Å². The summed E-state index contributed by atoms with van der Waals surface area (Å²) in [7, 11) is 0. The van der Waals surface area contributed by atoms with Crippen molar-refractivity contribution in [1.29, 1.82) is 0 Å². The lowest BCUT2D eigenvalue weighted by Gasteiger charge is -2.33. The van der Waals surface area contributed by atoms with Gasteiger partial charge in [0.25, 0.3) is 0 Å². The van der Waals surface area contributed by atoms with Crippen LogP contribution in [0.25, 0.3) is 0 Å². The molecule has 2 saturated heterocycles. The van der Waals surface area contributed by atoms with E-state index in [1.165, 1.54) is 24.8 Å². The maximum atomic E-state index is 13.0. The first-order valence-electron chi connectivity index (χ1n) is 11.9. The van der Waals surface area contributed by atoms with Gasteiger partial charge in [0.05, 0.1) is 12.0 Å². The van der Waals surface area contributed by atoms with Gasteiger partial charge in [-0.15, -0.1) is 10.2 Å². The van der Waals surface area contributed by atoms with Crippen LogP contribution < -0.4 is 15.1 Å². The largest absolute Gasteiger partial charge is 0.355 e. The molecular weight excluding hydrogens is 386 g/mol. The van der Waals surface area contributed by atoms with Crippen LogP contribution in [0.1, 0.15) is 63.1 Å². The number of hydrogen-bond acceptors (Lipinski definition) is 5. The summed E-state index contributed by atoms with van der Waals surface area (Å²) in [5.41, 5.74) is 2.47. The van der Waals surface area contributed by atoms with Gasteiger partial charge in [-0.3, -0.25) is 4.79 Å². The third-order valence-corrected chi connectivity index (χ3v) is 6.68. The fraction of sp³-hybridized carbons (Fsp3) is 0.560. The van der Waals surface area contributed by atoms with Crippen molar-refractivity contribution in [2.75, 3.05) is 36.0 Å². The molecule has 0 spiro atoms. The molecule has 2 fully saturated rings. The Morgan fingerprint density at radius 2 is 1.61 bits per heavy atom. The Hall–Kier alpha value is -2.63. The van der Waals surface area contributed by atoms with E-state index in [4.69, 9.17) is 0 Å². The lowest BCUT2D eigenvalue weighted by atomic mass is 9.96. The maximum Gasteiger partial charge on any atom is 0.225 e. The summed E-state index contributed by atoms with van der Waals surface area (Å²) >= 11 is 0. The smallest absolute Gasteiger partial charge is 0.225 e. The Bertz CT molecular complexity index is 845. The number of carbonyl (C=O) groups excluding carboxylic acids is 1. The summed E-state index contributed by atoms with van der Waals surface area (Å²) in [6.07, 6.45) is 6.71. The summed E-state index contributed by atoms with van der Waals surface area (Å²) in [6, 6.07) is 12.7. The van der Waals surface area contributed by atoms with E-state index in [9.17, 15) is 4.79 Å². The SMILES string of the molecule is CCc1ccc([C@H](C)NC(=O)[C@H]2CCCN(c3ccc(N4CCCCC4)nn3)C2)cc1. The predicted molar refractivity (Wildman–Crippen MR) is 125 cm³/mol. The summed E-state index contributed by atoms with van der Waals surface area (Å²) in [5.74, 6) is 1.96. The summed E-state index contributed by atoms with van der Waals surface area (Å²) in [6.45, 7) is 7.98. The minimum absolute atomic E-state index is 0.0115. The topological polar surface area (TPSA) is 61.4 Å². The number of carbonyl (C=O) groups is 1. The molecule has 166 valence electrons. The van der Waals surface area contributed by atoms with Crippen LogP contribution in [-0.4, -0.2) is 42.3 Å². The predicted octanol–water partition coefficient (Wildman–Crippen LogP) is 4.12. The van der Waals surface area contributed by atoms with Gasteiger partial charge in [0.15, 0.2) is 11.6 Å². The molecule has 1 aromatic carbocycles. The van der Waals surface area contributed by atoms with Gasteiger partial charge in [-0.05, 0) is 68.7 Å². The van der Waals surface area contributed by atoms with Gasteiger partial charge >= 0.3 is 0 Å². The minimum atomic E-state index is -0.0188. The number of rotatable bonds is 6. The fourth-order valence-corrected chi connectivity index (χ4v) is 4.63. The van der Waals surface area contributed by atoms with Gasteiger partial charge < -0.3 is 15.1 Å². The second-order valence-corrected chi connectivity index (χ2v) is 8.91. The molecule has 0 aliphatic carbocycles. The third-order valence-electron chi connectivity index (χ3n) is 6.68. The van der Waals surface area contributed by atoms with Crippen LogP contribution >= 0.6 is 0 Å². The number of piperidine rings is 2. The molecule has 2 aliphatic rings. The summed E-state index contributed by atoms with van der Waals surface area (Å²) in [4.78, 5) is 17.5. The van der Waals surface area contributed by atoms with Crippen molar-refractivity contribution in [2.24, 2.45) is 5.92 Å². The maximum absolute atomic E-state index is 13.0. The lowest BCUT2D eigenvalue weighted by Crippen LogP contribution is -2.44. The van der Waals surface area contributed by atoms with Crippen LogP contribution in [-0.2, 0) is 11.2 Å². The highest BCUT2D eigenvalue weighted by atomic mass is 16.2. The molecule has 6 nitrogen and oxygen atoms in total. The second kappa shape index (κ2) is 10.1. The van der Waals surface area contributed by atoms with Gasteiger partial charge in [0.1, 0.15) is 0 Å². The first-order chi connectivity index (χ1) is 15.1. The van der Waals surface area contributed by atoms with Crippen molar-refractivity contribution in [3.8, 4) is 0 Å². The first kappa shape index (κ1) is 21.6. The van der Waals surface area contributed by atoms with Crippen LogP contribution in [0.5, 0.6) is 0 Å². The van der Waals surface area contributed by atoms with Gasteiger partial charge in [-0.2, -0.15) is 0 Å². The van der Waals surface area contributed by atoms with E-state index in [1.807, 2.05) is 0 Å². The van der Waals surface area contributed by atoms with Gasteiger partial charge in [0.2, 0.25) is 5.91 Å². The molecule has 0 bridgehead atoms. The molecule has 4 rings (SSSR count). The second-order valence-electron chi connectivity index (χ2n) is 8.91. The average Bonchev–Trinajstić information content (AvgIpc) is 2.85. The van der Waals surface area contributed by atoms with Crippen LogP contribution in [0.2, 0.25) is 0 Å². The minimum Gasteiger partial charge on any atom is -0.355 e. The number of aromatic nitrogens is 2. The molecular formula is C25H35N5O. The molecule has 2 aromatic rings. The molecule has 0 saturated carbocycles. The van der Waals surface area contributed by atoms with E-state index in [0.29, 0.717) is 6.54 Å². The Balaban J connectivity index is 1.34. The van der Waals surface area contributed by atoms with E-state index >= 15 is 0 Å². The van der Waals surface area contributed by atoms with Crippen molar-refractivity contribution in [3.05, 3.63) is 47.5 Å². The van der Waals surface area contributed by atoms with Crippen LogP contribution in [0.3, 0.4) is 0 Å². The van der Waals surface area contributed by atoms with E-state index in [2.05, 4.69) is 75.6 Å². The molecule has 6 heteroatoms. The molecule has 2 atom stereocenters. The van der Waals surface area contributed by atoms with E-state index < -0.39 is 0 Å². The molecule has 31 heavy (non-hydrogen) atoms. The highest BCUT2D eigenvalue weighted by molar-refractivity contribution is 5.80. The van der Waals surface area contributed by atoms with E-state index in [1.54, 1.807) is 0 Å². The molecule has 0 unspecified atom stereocenters. The molecule has 3 heterocycles.